The summed E-state index contributed by atoms with van der Waals surface area (Å²) in [5.41, 5.74) is 1.00. The third-order valence-electron chi connectivity index (χ3n) is 2.95. The maximum atomic E-state index is 13.8. The molecule has 1 saturated heterocycles. The molecule has 0 spiro atoms. The summed E-state index contributed by atoms with van der Waals surface area (Å²) >= 11 is 0. The van der Waals surface area contributed by atoms with Gasteiger partial charge in [0.2, 0.25) is 0 Å². The molecule has 1 heterocycles. The topological polar surface area (TPSA) is 43.7 Å². The van der Waals surface area contributed by atoms with Crippen LogP contribution in [-0.4, -0.2) is 29.4 Å². The lowest BCUT2D eigenvalue weighted by atomic mass is 10.1. The number of benzene rings is 1. The Morgan fingerprint density at radius 3 is 2.81 bits per heavy atom. The van der Waals surface area contributed by atoms with Crippen molar-refractivity contribution in [3.63, 3.8) is 0 Å². The van der Waals surface area contributed by atoms with E-state index in [-0.39, 0.29) is 5.82 Å². The summed E-state index contributed by atoms with van der Waals surface area (Å²) in [6.07, 6.45) is -0.460. The first-order chi connectivity index (χ1) is 7.59. The minimum atomic E-state index is -0.705. The molecule has 0 amide bonds. The molecule has 0 bridgehead atoms. The highest BCUT2D eigenvalue weighted by atomic mass is 19.1. The zero-order valence-electron chi connectivity index (χ0n) is 9.23. The average molecular weight is 225 g/mol. The van der Waals surface area contributed by atoms with Crippen molar-refractivity contribution < 1.29 is 14.6 Å². The maximum Gasteiger partial charge on any atom is 0.146 e. The molecule has 2 atom stereocenters. The molecule has 3 nitrogen and oxygen atoms in total. The number of hydrogen-bond donors (Lipinski definition) is 2. The van der Waals surface area contributed by atoms with E-state index in [9.17, 15) is 14.6 Å². The van der Waals surface area contributed by atoms with Crippen LogP contribution >= 0.6 is 0 Å². The van der Waals surface area contributed by atoms with Crippen LogP contribution in [0.25, 0.3) is 0 Å². The molecule has 1 fully saturated rings. The summed E-state index contributed by atoms with van der Waals surface area (Å²) in [6.45, 7) is 2.67. The third kappa shape index (κ3) is 2.03. The maximum absolute atomic E-state index is 13.8. The van der Waals surface area contributed by atoms with E-state index < -0.39 is 12.2 Å². The second-order valence-corrected chi connectivity index (χ2v) is 4.24. The minimum absolute atomic E-state index is 0.340. The largest absolute Gasteiger partial charge is 0.391 e. The van der Waals surface area contributed by atoms with Gasteiger partial charge in [-0.3, -0.25) is 0 Å². The van der Waals surface area contributed by atoms with Gasteiger partial charge in [0.05, 0.1) is 17.9 Å². The summed E-state index contributed by atoms with van der Waals surface area (Å²) < 4.78 is 13.8. The van der Waals surface area contributed by atoms with Gasteiger partial charge in [-0.15, -0.1) is 0 Å². The molecular formula is C12H16FNO2. The fraction of sp³-hybridized carbons (Fsp3) is 0.500. The Kier molecular flexibility index (Phi) is 3.12. The molecule has 1 aromatic rings. The van der Waals surface area contributed by atoms with Gasteiger partial charge in [0.25, 0.3) is 0 Å². The second kappa shape index (κ2) is 4.39. The predicted octanol–water partition coefficient (Wildman–Crippen LogP) is 1.45. The lowest BCUT2D eigenvalue weighted by Gasteiger charge is -2.23. The van der Waals surface area contributed by atoms with Gasteiger partial charge in [-0.25, -0.2) is 4.39 Å². The van der Waals surface area contributed by atoms with Gasteiger partial charge in [0, 0.05) is 18.7 Å². The molecule has 0 saturated carbocycles. The Bertz CT molecular complexity index is 381. The molecule has 1 aromatic carbocycles. The average Bonchev–Trinajstić information content (AvgIpc) is 2.64. The van der Waals surface area contributed by atoms with Crippen LogP contribution < -0.4 is 4.90 Å². The third-order valence-corrected chi connectivity index (χ3v) is 2.95. The zero-order valence-corrected chi connectivity index (χ0v) is 9.23. The molecule has 1 unspecified atom stereocenters. The van der Waals surface area contributed by atoms with E-state index in [1.54, 1.807) is 24.0 Å². The number of hydrogen-bond acceptors (Lipinski definition) is 3. The molecule has 4 heteroatoms. The highest BCUT2D eigenvalue weighted by Crippen LogP contribution is 2.31. The molecular weight excluding hydrogens is 209 g/mol. The number of aliphatic hydroxyl groups is 2. The number of rotatable bonds is 2. The van der Waals surface area contributed by atoms with Gasteiger partial charge in [-0.1, -0.05) is 12.1 Å². The molecule has 0 aromatic heterocycles. The molecule has 1 aliphatic rings. The van der Waals surface area contributed by atoms with Crippen molar-refractivity contribution >= 4 is 5.69 Å². The first-order valence-corrected chi connectivity index (χ1v) is 5.49. The fourth-order valence-corrected chi connectivity index (χ4v) is 2.15. The molecule has 16 heavy (non-hydrogen) atoms. The van der Waals surface area contributed by atoms with Crippen LogP contribution in [0.15, 0.2) is 18.2 Å². The standard InChI is InChI=1S/C12H16FNO2/c1-8(15)10-3-2-4-11(13)12(10)14-6-5-9(16)7-14/h2-4,8-9,15-16H,5-7H2,1H3/t8-,9?/m0/s1. The van der Waals surface area contributed by atoms with Crippen molar-refractivity contribution in [2.45, 2.75) is 25.6 Å². The van der Waals surface area contributed by atoms with Gasteiger partial charge in [-0.2, -0.15) is 0 Å². The van der Waals surface area contributed by atoms with Crippen LogP contribution in [0.5, 0.6) is 0 Å². The first kappa shape index (κ1) is 11.4. The van der Waals surface area contributed by atoms with E-state index in [2.05, 4.69) is 0 Å². The lowest BCUT2D eigenvalue weighted by molar-refractivity contribution is 0.195. The number of nitrogens with zero attached hydrogens (tertiary/aromatic N) is 1. The van der Waals surface area contributed by atoms with Crippen molar-refractivity contribution in [3.05, 3.63) is 29.6 Å². The van der Waals surface area contributed by atoms with E-state index in [1.807, 2.05) is 0 Å². The van der Waals surface area contributed by atoms with Crippen LogP contribution in [0, 0.1) is 5.82 Å². The molecule has 2 N–H and O–H groups in total. The van der Waals surface area contributed by atoms with Gasteiger partial charge in [0.15, 0.2) is 0 Å². The van der Waals surface area contributed by atoms with Gasteiger partial charge >= 0.3 is 0 Å². The van der Waals surface area contributed by atoms with E-state index in [1.165, 1.54) is 6.07 Å². The number of anilines is 1. The van der Waals surface area contributed by atoms with Gasteiger partial charge in [0.1, 0.15) is 5.82 Å². The van der Waals surface area contributed by atoms with Crippen LogP contribution in [0.1, 0.15) is 25.0 Å². The van der Waals surface area contributed by atoms with Crippen LogP contribution in [0.4, 0.5) is 10.1 Å². The highest BCUT2D eigenvalue weighted by molar-refractivity contribution is 5.56. The Balaban J connectivity index is 2.38. The number of β-amino-alcohol motifs (C(OH)–C–C–N with tert-alkyl or cyclic N) is 1. The van der Waals surface area contributed by atoms with E-state index in [0.717, 1.165) is 0 Å². The van der Waals surface area contributed by atoms with Crippen molar-refractivity contribution in [3.8, 4) is 0 Å². The second-order valence-electron chi connectivity index (χ2n) is 4.24. The molecule has 0 aliphatic carbocycles. The smallest absolute Gasteiger partial charge is 0.146 e. The zero-order chi connectivity index (χ0) is 11.7. The van der Waals surface area contributed by atoms with E-state index >= 15 is 0 Å². The fourth-order valence-electron chi connectivity index (χ4n) is 2.15. The Hall–Kier alpha value is -1.13. The summed E-state index contributed by atoms with van der Waals surface area (Å²) in [5, 5.41) is 19.1. The van der Waals surface area contributed by atoms with Crippen molar-refractivity contribution in [2.24, 2.45) is 0 Å². The normalized spacial score (nSPS) is 22.5. The van der Waals surface area contributed by atoms with Crippen LogP contribution in [0.3, 0.4) is 0 Å². The Morgan fingerprint density at radius 2 is 2.25 bits per heavy atom. The lowest BCUT2D eigenvalue weighted by Crippen LogP contribution is -2.24. The summed E-state index contributed by atoms with van der Waals surface area (Å²) in [4.78, 5) is 1.79. The van der Waals surface area contributed by atoms with Crippen molar-refractivity contribution in [1.29, 1.82) is 0 Å². The Morgan fingerprint density at radius 1 is 1.50 bits per heavy atom. The molecule has 2 rings (SSSR count). The SMILES string of the molecule is C[C@H](O)c1cccc(F)c1N1CCC(O)C1. The quantitative estimate of drug-likeness (QED) is 0.800. The van der Waals surface area contributed by atoms with E-state index in [0.29, 0.717) is 30.8 Å². The molecule has 1 aliphatic heterocycles. The van der Waals surface area contributed by atoms with E-state index in [4.69, 9.17) is 0 Å². The summed E-state index contributed by atoms with van der Waals surface area (Å²) in [5.74, 6) is -0.340. The summed E-state index contributed by atoms with van der Waals surface area (Å²) in [6, 6.07) is 4.69. The van der Waals surface area contributed by atoms with Gasteiger partial charge in [-0.05, 0) is 19.4 Å². The minimum Gasteiger partial charge on any atom is -0.391 e. The van der Waals surface area contributed by atoms with Crippen LogP contribution in [0.2, 0.25) is 0 Å². The number of halogens is 1. The highest BCUT2D eigenvalue weighted by Gasteiger charge is 2.25. The first-order valence-electron chi connectivity index (χ1n) is 5.49. The van der Waals surface area contributed by atoms with Crippen LogP contribution in [-0.2, 0) is 0 Å². The molecule has 88 valence electrons. The van der Waals surface area contributed by atoms with Crippen molar-refractivity contribution in [1.82, 2.24) is 0 Å². The predicted molar refractivity (Wildman–Crippen MR) is 59.9 cm³/mol. The Labute approximate surface area is 94.1 Å². The number of aliphatic hydroxyl groups excluding tert-OH is 2. The number of para-hydroxylation sites is 1. The monoisotopic (exact) mass is 225 g/mol. The summed E-state index contributed by atoms with van der Waals surface area (Å²) in [7, 11) is 0. The van der Waals surface area contributed by atoms with Gasteiger partial charge < -0.3 is 15.1 Å². The van der Waals surface area contributed by atoms with Crippen molar-refractivity contribution in [2.75, 3.05) is 18.0 Å². The molecule has 0 radical (unpaired) electrons.